The van der Waals surface area contributed by atoms with Crippen molar-refractivity contribution in [1.82, 2.24) is 9.38 Å². The van der Waals surface area contributed by atoms with Crippen LogP contribution in [0, 0.1) is 5.82 Å². The van der Waals surface area contributed by atoms with Gasteiger partial charge in [-0.2, -0.15) is 4.98 Å². The highest BCUT2D eigenvalue weighted by molar-refractivity contribution is 5.46. The summed E-state index contributed by atoms with van der Waals surface area (Å²) in [7, 11) is 0. The molecule has 3 aromatic rings. The van der Waals surface area contributed by atoms with Gasteiger partial charge >= 0.3 is 0 Å². The van der Waals surface area contributed by atoms with Crippen LogP contribution in [-0.2, 0) is 6.61 Å². The van der Waals surface area contributed by atoms with Crippen LogP contribution < -0.4 is 4.74 Å². The summed E-state index contributed by atoms with van der Waals surface area (Å²) in [6.07, 6.45) is 1.77. The quantitative estimate of drug-likeness (QED) is 0.785. The summed E-state index contributed by atoms with van der Waals surface area (Å²) in [5.74, 6) is -0.178. The lowest BCUT2D eigenvalue weighted by Gasteiger charge is -2.05. The van der Waals surface area contributed by atoms with Gasteiger partial charge in [0, 0.05) is 6.20 Å². The van der Waals surface area contributed by atoms with Crippen LogP contribution >= 0.6 is 0 Å². The minimum atomic E-state index is -0.469. The lowest BCUT2D eigenvalue weighted by atomic mass is 10.3. The molecular weight excluding hydrogens is 247 g/mol. The normalized spacial score (nSPS) is 10.8. The third-order valence-corrected chi connectivity index (χ3v) is 2.79. The summed E-state index contributed by atoms with van der Waals surface area (Å²) in [5.41, 5.74) is 1.12. The molecule has 19 heavy (non-hydrogen) atoms. The van der Waals surface area contributed by atoms with Gasteiger partial charge in [0.1, 0.15) is 11.3 Å². The molecule has 1 aromatic carbocycles. The number of hydrogen-bond acceptors (Lipinski definition) is 3. The van der Waals surface area contributed by atoms with Gasteiger partial charge in [-0.25, -0.2) is 4.39 Å². The van der Waals surface area contributed by atoms with Gasteiger partial charge in [0.15, 0.2) is 11.6 Å². The van der Waals surface area contributed by atoms with E-state index in [2.05, 4.69) is 4.98 Å². The maximum absolute atomic E-state index is 13.5. The molecule has 0 amide bonds. The highest BCUT2D eigenvalue weighted by Crippen LogP contribution is 2.27. The van der Waals surface area contributed by atoms with Crippen molar-refractivity contribution in [2.75, 3.05) is 0 Å². The standard InChI is InChI=1S/C14H11FN2O2/c15-10-5-1-2-6-12(10)19-14-11(9-18)17-8-4-3-7-13(17)16-14/h1-8,18H,9H2. The molecule has 2 aromatic heterocycles. The molecule has 2 heterocycles. The van der Waals surface area contributed by atoms with Crippen LogP contribution in [0.15, 0.2) is 48.7 Å². The fourth-order valence-corrected chi connectivity index (χ4v) is 1.88. The zero-order valence-electron chi connectivity index (χ0n) is 9.95. The third-order valence-electron chi connectivity index (χ3n) is 2.79. The van der Waals surface area contributed by atoms with E-state index in [-0.39, 0.29) is 18.2 Å². The van der Waals surface area contributed by atoms with Gasteiger partial charge in [0.25, 0.3) is 0 Å². The number of aliphatic hydroxyl groups excluding tert-OH is 1. The first-order chi connectivity index (χ1) is 9.29. The molecule has 0 aliphatic carbocycles. The van der Waals surface area contributed by atoms with Crippen LogP contribution in [0.2, 0.25) is 0 Å². The summed E-state index contributed by atoms with van der Waals surface area (Å²) in [4.78, 5) is 4.23. The molecule has 0 atom stereocenters. The SMILES string of the molecule is OCc1c(Oc2ccccc2F)nc2ccccn12. The Labute approximate surface area is 108 Å². The molecule has 96 valence electrons. The van der Waals surface area contributed by atoms with Crippen LogP contribution in [-0.4, -0.2) is 14.5 Å². The lowest BCUT2D eigenvalue weighted by Crippen LogP contribution is -1.95. The lowest BCUT2D eigenvalue weighted by molar-refractivity contribution is 0.269. The average molecular weight is 258 g/mol. The fourth-order valence-electron chi connectivity index (χ4n) is 1.88. The largest absolute Gasteiger partial charge is 0.434 e. The Morgan fingerprint density at radius 3 is 2.74 bits per heavy atom. The smallest absolute Gasteiger partial charge is 0.244 e. The molecule has 0 unspecified atom stereocenters. The molecule has 3 rings (SSSR count). The number of nitrogens with zero attached hydrogens (tertiary/aromatic N) is 2. The zero-order chi connectivity index (χ0) is 13.2. The summed E-state index contributed by atoms with van der Waals surface area (Å²) < 4.78 is 20.7. The predicted octanol–water partition coefficient (Wildman–Crippen LogP) is 2.76. The molecular formula is C14H11FN2O2. The van der Waals surface area contributed by atoms with Crippen molar-refractivity contribution in [1.29, 1.82) is 0 Å². The van der Waals surface area contributed by atoms with E-state index in [1.807, 2.05) is 12.1 Å². The number of fused-ring (bicyclic) bond motifs is 1. The number of imidazole rings is 1. The molecule has 4 nitrogen and oxygen atoms in total. The van der Waals surface area contributed by atoms with Crippen LogP contribution in [0.4, 0.5) is 4.39 Å². The van der Waals surface area contributed by atoms with E-state index in [0.29, 0.717) is 11.3 Å². The number of aliphatic hydroxyl groups is 1. The Kier molecular flexibility index (Phi) is 2.89. The number of aromatic nitrogens is 2. The van der Waals surface area contributed by atoms with Crippen molar-refractivity contribution >= 4 is 5.65 Å². The number of halogens is 1. The zero-order valence-corrected chi connectivity index (χ0v) is 9.95. The first-order valence-electron chi connectivity index (χ1n) is 5.79. The molecule has 0 aliphatic heterocycles. The molecule has 0 saturated carbocycles. The van der Waals surface area contributed by atoms with E-state index in [9.17, 15) is 9.50 Å². The van der Waals surface area contributed by atoms with Gasteiger partial charge < -0.3 is 9.84 Å². The highest BCUT2D eigenvalue weighted by Gasteiger charge is 2.14. The van der Waals surface area contributed by atoms with Gasteiger partial charge in [0.2, 0.25) is 5.88 Å². The number of hydrogen-bond donors (Lipinski definition) is 1. The first kappa shape index (κ1) is 11.7. The second-order valence-corrected chi connectivity index (χ2v) is 3.98. The molecule has 0 bridgehead atoms. The summed E-state index contributed by atoms with van der Waals surface area (Å²) in [6, 6.07) is 11.5. The maximum atomic E-state index is 13.5. The van der Waals surface area contributed by atoms with Crippen molar-refractivity contribution in [3.63, 3.8) is 0 Å². The first-order valence-corrected chi connectivity index (χ1v) is 5.79. The Morgan fingerprint density at radius 1 is 1.16 bits per heavy atom. The van der Waals surface area contributed by atoms with Gasteiger partial charge in [-0.05, 0) is 24.3 Å². The van der Waals surface area contributed by atoms with Crippen molar-refractivity contribution in [2.45, 2.75) is 6.61 Å². The topological polar surface area (TPSA) is 46.8 Å². The highest BCUT2D eigenvalue weighted by atomic mass is 19.1. The van der Waals surface area contributed by atoms with E-state index in [0.717, 1.165) is 0 Å². The molecule has 1 N–H and O–H groups in total. The number of para-hydroxylation sites is 1. The van der Waals surface area contributed by atoms with Gasteiger partial charge in [0.05, 0.1) is 6.61 Å². The Morgan fingerprint density at radius 2 is 1.95 bits per heavy atom. The Hall–Kier alpha value is -2.40. The molecule has 0 saturated heterocycles. The van der Waals surface area contributed by atoms with Crippen molar-refractivity contribution in [3.05, 3.63) is 60.2 Å². The number of rotatable bonds is 3. The van der Waals surface area contributed by atoms with Gasteiger partial charge in [-0.1, -0.05) is 18.2 Å². The molecule has 0 spiro atoms. The van der Waals surface area contributed by atoms with Crippen molar-refractivity contribution in [3.8, 4) is 11.6 Å². The second kappa shape index (κ2) is 4.70. The van der Waals surface area contributed by atoms with Crippen LogP contribution in [0.3, 0.4) is 0 Å². The molecule has 0 aliphatic rings. The van der Waals surface area contributed by atoms with Crippen molar-refractivity contribution < 1.29 is 14.2 Å². The second-order valence-electron chi connectivity index (χ2n) is 3.98. The summed E-state index contributed by atoms with van der Waals surface area (Å²) >= 11 is 0. The molecule has 0 radical (unpaired) electrons. The van der Waals surface area contributed by atoms with E-state index in [1.54, 1.807) is 28.8 Å². The molecule has 5 heteroatoms. The van der Waals surface area contributed by atoms with E-state index < -0.39 is 5.82 Å². The molecule has 0 fully saturated rings. The van der Waals surface area contributed by atoms with Crippen LogP contribution in [0.5, 0.6) is 11.6 Å². The van der Waals surface area contributed by atoms with E-state index in [1.165, 1.54) is 12.1 Å². The van der Waals surface area contributed by atoms with Crippen LogP contribution in [0.25, 0.3) is 5.65 Å². The van der Waals surface area contributed by atoms with E-state index >= 15 is 0 Å². The number of pyridine rings is 1. The van der Waals surface area contributed by atoms with Gasteiger partial charge in [-0.3, -0.25) is 4.40 Å². The minimum Gasteiger partial charge on any atom is -0.434 e. The average Bonchev–Trinajstić information content (AvgIpc) is 2.78. The number of ether oxygens (including phenoxy) is 1. The fraction of sp³-hybridized carbons (Fsp3) is 0.0714. The third kappa shape index (κ3) is 2.04. The summed E-state index contributed by atoms with van der Waals surface area (Å²) in [5, 5.41) is 9.42. The van der Waals surface area contributed by atoms with E-state index in [4.69, 9.17) is 4.74 Å². The number of benzene rings is 1. The maximum Gasteiger partial charge on any atom is 0.244 e. The summed E-state index contributed by atoms with van der Waals surface area (Å²) in [6.45, 7) is -0.241. The van der Waals surface area contributed by atoms with Crippen LogP contribution in [0.1, 0.15) is 5.69 Å². The van der Waals surface area contributed by atoms with Crippen molar-refractivity contribution in [2.24, 2.45) is 0 Å². The predicted molar refractivity (Wildman–Crippen MR) is 67.6 cm³/mol. The van der Waals surface area contributed by atoms with Gasteiger partial charge in [-0.15, -0.1) is 0 Å². The Bertz CT molecular complexity index is 724. The minimum absolute atomic E-state index is 0.0839. The monoisotopic (exact) mass is 258 g/mol. The Balaban J connectivity index is 2.08.